The number of anilines is 1. The molecule has 1 aromatic heterocycles. The lowest BCUT2D eigenvalue weighted by molar-refractivity contribution is -0.115. The normalized spacial score (nSPS) is 11.4. The van der Waals surface area contributed by atoms with Gasteiger partial charge in [0, 0.05) is 11.8 Å². The summed E-state index contributed by atoms with van der Waals surface area (Å²) in [6, 6.07) is 0. The van der Waals surface area contributed by atoms with Gasteiger partial charge in [0.25, 0.3) is 0 Å². The molecule has 0 bridgehead atoms. The van der Waals surface area contributed by atoms with Crippen LogP contribution < -0.4 is 4.90 Å². The van der Waals surface area contributed by atoms with E-state index in [4.69, 9.17) is 5.11 Å². The predicted octanol–water partition coefficient (Wildman–Crippen LogP) is 2.64. The summed E-state index contributed by atoms with van der Waals surface area (Å²) in [4.78, 5) is 24.6. The van der Waals surface area contributed by atoms with Crippen LogP contribution in [0, 0.1) is 6.92 Å². The van der Waals surface area contributed by atoms with Crippen molar-refractivity contribution >= 4 is 40.2 Å². The lowest BCUT2D eigenvalue weighted by Gasteiger charge is -2.20. The van der Waals surface area contributed by atoms with Gasteiger partial charge in [-0.25, -0.2) is 4.79 Å². The first-order chi connectivity index (χ1) is 8.63. The lowest BCUT2D eigenvalue weighted by atomic mass is 10.2. The number of carbonyl (C=O) groups is 2. The Morgan fingerprint density at radius 1 is 1.42 bits per heavy atom. The molecule has 1 amide bonds. The fourth-order valence-electron chi connectivity index (χ4n) is 1.32. The van der Waals surface area contributed by atoms with Crippen molar-refractivity contribution in [1.82, 2.24) is 4.37 Å². The molecule has 0 radical (unpaired) electrons. The highest BCUT2D eigenvalue weighted by molar-refractivity contribution is 8.01. The van der Waals surface area contributed by atoms with Gasteiger partial charge in [0.05, 0.1) is 11.4 Å². The summed E-state index contributed by atoms with van der Waals surface area (Å²) in [7, 11) is 1.59. The van der Waals surface area contributed by atoms with Gasteiger partial charge in [-0.1, -0.05) is 20.8 Å². The van der Waals surface area contributed by atoms with Gasteiger partial charge in [0.2, 0.25) is 5.91 Å². The number of nitrogens with zero attached hydrogens (tertiary/aromatic N) is 2. The number of carbonyl (C=O) groups excluding carboxylic acids is 1. The van der Waals surface area contributed by atoms with Gasteiger partial charge >= 0.3 is 5.97 Å². The molecule has 1 rings (SSSR count). The molecule has 0 aliphatic heterocycles. The molecular weight excluding hydrogens is 284 g/mol. The van der Waals surface area contributed by atoms with E-state index < -0.39 is 5.97 Å². The van der Waals surface area contributed by atoms with Crippen LogP contribution in [0.4, 0.5) is 5.00 Å². The zero-order valence-corrected chi connectivity index (χ0v) is 13.3. The highest BCUT2D eigenvalue weighted by atomic mass is 32.2. The molecule has 5 nitrogen and oxygen atoms in total. The van der Waals surface area contributed by atoms with Crippen LogP contribution in [0.15, 0.2) is 0 Å². The Morgan fingerprint density at radius 2 is 2.00 bits per heavy atom. The molecule has 7 heteroatoms. The first kappa shape index (κ1) is 16.0. The minimum Gasteiger partial charge on any atom is -0.478 e. The molecule has 0 spiro atoms. The van der Waals surface area contributed by atoms with Crippen LogP contribution in [0.1, 0.15) is 36.8 Å². The molecule has 0 saturated heterocycles. The zero-order chi connectivity index (χ0) is 14.8. The van der Waals surface area contributed by atoms with Crippen LogP contribution in [0.25, 0.3) is 0 Å². The van der Waals surface area contributed by atoms with E-state index in [-0.39, 0.29) is 16.2 Å². The van der Waals surface area contributed by atoms with E-state index in [2.05, 4.69) is 4.37 Å². The van der Waals surface area contributed by atoms with Crippen molar-refractivity contribution in [1.29, 1.82) is 0 Å². The summed E-state index contributed by atoms with van der Waals surface area (Å²) in [5, 5.41) is 9.54. The SMILES string of the molecule is Cc1nsc(N(C)C(=O)CSC(C)(C)C)c1C(=O)O. The minimum atomic E-state index is -1.05. The van der Waals surface area contributed by atoms with Gasteiger partial charge in [-0.2, -0.15) is 4.37 Å². The monoisotopic (exact) mass is 302 g/mol. The van der Waals surface area contributed by atoms with Crippen molar-refractivity contribution in [2.75, 3.05) is 17.7 Å². The smallest absolute Gasteiger partial charge is 0.340 e. The number of rotatable bonds is 4. The molecule has 0 saturated carbocycles. The van der Waals surface area contributed by atoms with E-state index in [1.54, 1.807) is 14.0 Å². The zero-order valence-electron chi connectivity index (χ0n) is 11.7. The molecule has 0 aliphatic rings. The number of hydrogen-bond acceptors (Lipinski definition) is 5. The third-order valence-corrected chi connectivity index (χ3v) is 4.64. The number of amides is 1. The standard InChI is InChI=1S/C12H18N2O3S2/c1-7-9(11(16)17)10(19-13-7)14(5)8(15)6-18-12(2,3)4/h6H2,1-5H3,(H,16,17). The number of aryl methyl sites for hydroxylation is 1. The van der Waals surface area contributed by atoms with Crippen LogP contribution in [0.3, 0.4) is 0 Å². The average molecular weight is 302 g/mol. The van der Waals surface area contributed by atoms with Crippen molar-refractivity contribution in [3.05, 3.63) is 11.3 Å². The summed E-state index contributed by atoms with van der Waals surface area (Å²) >= 11 is 2.57. The minimum absolute atomic E-state index is 0.00422. The molecule has 1 heterocycles. The van der Waals surface area contributed by atoms with E-state index in [0.717, 1.165) is 11.5 Å². The molecule has 0 aromatic carbocycles. The second-order valence-electron chi connectivity index (χ2n) is 5.11. The number of thioether (sulfide) groups is 1. The van der Waals surface area contributed by atoms with Crippen LogP contribution in [-0.4, -0.2) is 38.9 Å². The highest BCUT2D eigenvalue weighted by Gasteiger charge is 2.24. The Balaban J connectivity index is 2.86. The van der Waals surface area contributed by atoms with Crippen molar-refractivity contribution in [3.8, 4) is 0 Å². The van der Waals surface area contributed by atoms with Gasteiger partial charge in [-0.15, -0.1) is 11.8 Å². The summed E-state index contributed by atoms with van der Waals surface area (Å²) < 4.78 is 4.01. The van der Waals surface area contributed by atoms with E-state index in [1.807, 2.05) is 20.8 Å². The van der Waals surface area contributed by atoms with E-state index in [0.29, 0.717) is 16.4 Å². The number of carboxylic acids is 1. The Labute approximate surface area is 121 Å². The fraction of sp³-hybridized carbons (Fsp3) is 0.583. The Bertz CT molecular complexity index is 492. The van der Waals surface area contributed by atoms with E-state index >= 15 is 0 Å². The Kier molecular flexibility index (Phi) is 4.98. The third-order valence-electron chi connectivity index (χ3n) is 2.37. The number of hydrogen-bond donors (Lipinski definition) is 1. The van der Waals surface area contributed by atoms with Gasteiger partial charge in [-0.05, 0) is 18.5 Å². The Morgan fingerprint density at radius 3 is 2.47 bits per heavy atom. The topological polar surface area (TPSA) is 70.5 Å². The van der Waals surface area contributed by atoms with Gasteiger partial charge in [0.15, 0.2) is 0 Å². The summed E-state index contributed by atoms with van der Waals surface area (Å²) in [6.45, 7) is 7.73. The number of aromatic nitrogens is 1. The molecule has 106 valence electrons. The molecule has 0 aliphatic carbocycles. The van der Waals surface area contributed by atoms with Crippen molar-refractivity contribution in [2.45, 2.75) is 32.4 Å². The van der Waals surface area contributed by atoms with Crippen LogP contribution >= 0.6 is 23.3 Å². The van der Waals surface area contributed by atoms with Crippen molar-refractivity contribution in [2.24, 2.45) is 0 Å². The van der Waals surface area contributed by atoms with Crippen LogP contribution in [-0.2, 0) is 4.79 Å². The molecular formula is C12H18N2O3S2. The molecule has 0 atom stereocenters. The summed E-state index contributed by atoms with van der Waals surface area (Å²) in [5.74, 6) is -0.855. The first-order valence-electron chi connectivity index (χ1n) is 5.73. The van der Waals surface area contributed by atoms with E-state index in [9.17, 15) is 9.59 Å². The van der Waals surface area contributed by atoms with Crippen LogP contribution in [0.5, 0.6) is 0 Å². The fourth-order valence-corrected chi connectivity index (χ4v) is 2.94. The molecule has 19 heavy (non-hydrogen) atoms. The van der Waals surface area contributed by atoms with Gasteiger partial charge in [0.1, 0.15) is 10.6 Å². The Hall–Kier alpha value is -1.08. The average Bonchev–Trinajstić information content (AvgIpc) is 2.66. The maximum Gasteiger partial charge on any atom is 0.340 e. The van der Waals surface area contributed by atoms with Crippen molar-refractivity contribution in [3.63, 3.8) is 0 Å². The van der Waals surface area contributed by atoms with E-state index in [1.165, 1.54) is 16.7 Å². The second kappa shape index (κ2) is 5.92. The summed E-state index contributed by atoms with van der Waals surface area (Å²) in [5.41, 5.74) is 0.553. The predicted molar refractivity (Wildman–Crippen MR) is 79.4 cm³/mol. The molecule has 1 aromatic rings. The number of aromatic carboxylic acids is 1. The van der Waals surface area contributed by atoms with Crippen molar-refractivity contribution < 1.29 is 14.7 Å². The second-order valence-corrected chi connectivity index (χ2v) is 7.66. The summed E-state index contributed by atoms with van der Waals surface area (Å²) in [6.07, 6.45) is 0. The molecule has 0 unspecified atom stereocenters. The molecule has 1 N–H and O–H groups in total. The third kappa shape index (κ3) is 4.21. The lowest BCUT2D eigenvalue weighted by Crippen LogP contribution is -2.30. The largest absolute Gasteiger partial charge is 0.478 e. The molecule has 0 fully saturated rings. The first-order valence-corrected chi connectivity index (χ1v) is 7.49. The number of carboxylic acid groups (broad SMARTS) is 1. The van der Waals surface area contributed by atoms with Gasteiger partial charge < -0.3 is 10.0 Å². The van der Waals surface area contributed by atoms with Gasteiger partial charge in [-0.3, -0.25) is 4.79 Å². The maximum atomic E-state index is 12.1. The quantitative estimate of drug-likeness (QED) is 0.926. The highest BCUT2D eigenvalue weighted by Crippen LogP contribution is 2.29. The maximum absolute atomic E-state index is 12.1. The van der Waals surface area contributed by atoms with Crippen LogP contribution in [0.2, 0.25) is 0 Å².